The summed E-state index contributed by atoms with van der Waals surface area (Å²) in [5, 5.41) is 0. The smallest absolute Gasteiger partial charge is 0.261 e. The fraction of sp³-hybridized carbons (Fsp3) is 0.833. The molecule has 0 aromatic heterocycles. The molecule has 0 heterocycles. The predicted molar refractivity (Wildman–Crippen MR) is 30.1 cm³/mol. The van der Waals surface area contributed by atoms with Crippen LogP contribution in [0, 0.1) is 11.8 Å². The second-order valence-electron chi connectivity index (χ2n) is 2.34. The van der Waals surface area contributed by atoms with Gasteiger partial charge in [-0.1, -0.05) is 20.8 Å². The van der Waals surface area contributed by atoms with Crippen molar-refractivity contribution in [2.45, 2.75) is 20.8 Å². The Kier molecular flexibility index (Phi) is 2.66. The molecule has 0 radical (unpaired) electrons. The lowest BCUT2D eigenvalue weighted by Gasteiger charge is -2.06. The lowest BCUT2D eigenvalue weighted by Crippen LogP contribution is -2.11. The first kappa shape index (κ1) is 7.60. The maximum atomic E-state index is 11.7. The molecule has 0 fully saturated rings. The van der Waals surface area contributed by atoms with E-state index in [2.05, 4.69) is 0 Å². The number of hydrogen-bond donors (Lipinski definition) is 0. The summed E-state index contributed by atoms with van der Waals surface area (Å²) in [5.41, 5.74) is 0. The molecule has 8 heavy (non-hydrogen) atoms. The van der Waals surface area contributed by atoms with Crippen LogP contribution in [0.4, 0.5) is 4.39 Å². The highest BCUT2D eigenvalue weighted by Gasteiger charge is 2.14. The highest BCUT2D eigenvalue weighted by Crippen LogP contribution is 2.10. The van der Waals surface area contributed by atoms with Crippen LogP contribution in [0.1, 0.15) is 20.8 Å². The summed E-state index contributed by atoms with van der Waals surface area (Å²) < 4.78 is 11.7. The zero-order valence-corrected chi connectivity index (χ0v) is 5.44. The molecule has 0 rings (SSSR count). The van der Waals surface area contributed by atoms with Crippen LogP contribution in [0.25, 0.3) is 0 Å². The van der Waals surface area contributed by atoms with E-state index in [1.54, 1.807) is 6.92 Å². The van der Waals surface area contributed by atoms with Crippen molar-refractivity contribution in [2.24, 2.45) is 11.8 Å². The molecule has 0 aliphatic carbocycles. The SMILES string of the molecule is CC(C)C(C)C(=O)F. The van der Waals surface area contributed by atoms with Crippen molar-refractivity contribution in [3.8, 4) is 0 Å². The summed E-state index contributed by atoms with van der Waals surface area (Å²) >= 11 is 0. The van der Waals surface area contributed by atoms with Gasteiger partial charge in [0.05, 0.1) is 0 Å². The van der Waals surface area contributed by atoms with Crippen LogP contribution in [-0.2, 0) is 4.79 Å². The van der Waals surface area contributed by atoms with Gasteiger partial charge >= 0.3 is 6.04 Å². The van der Waals surface area contributed by atoms with Crippen molar-refractivity contribution in [1.82, 2.24) is 0 Å². The molecule has 0 N–H and O–H groups in total. The standard InChI is InChI=1S/C6H11FO/c1-4(2)5(3)6(7)8/h4-5H,1-3H3. The molecule has 0 aliphatic rings. The van der Waals surface area contributed by atoms with Gasteiger partial charge in [0.1, 0.15) is 0 Å². The fourth-order valence-electron chi connectivity index (χ4n) is 0.262. The monoisotopic (exact) mass is 118 g/mol. The first-order chi connectivity index (χ1) is 3.55. The Morgan fingerprint density at radius 2 is 1.75 bits per heavy atom. The van der Waals surface area contributed by atoms with E-state index < -0.39 is 12.0 Å². The Morgan fingerprint density at radius 3 is 1.75 bits per heavy atom. The molecule has 0 aromatic carbocycles. The van der Waals surface area contributed by atoms with Crippen LogP contribution in [-0.4, -0.2) is 6.04 Å². The van der Waals surface area contributed by atoms with E-state index in [1.165, 1.54) is 0 Å². The summed E-state index contributed by atoms with van der Waals surface area (Å²) in [6, 6.07) is -1.21. The van der Waals surface area contributed by atoms with Gasteiger partial charge in [0, 0.05) is 5.92 Å². The van der Waals surface area contributed by atoms with E-state index >= 15 is 0 Å². The summed E-state index contributed by atoms with van der Waals surface area (Å²) in [4.78, 5) is 9.92. The van der Waals surface area contributed by atoms with Gasteiger partial charge < -0.3 is 0 Å². The van der Waals surface area contributed by atoms with E-state index in [0.717, 1.165) is 0 Å². The lowest BCUT2D eigenvalue weighted by molar-refractivity contribution is -0.134. The molecular weight excluding hydrogens is 107 g/mol. The van der Waals surface area contributed by atoms with Gasteiger partial charge in [-0.3, -0.25) is 4.79 Å². The van der Waals surface area contributed by atoms with Crippen LogP contribution >= 0.6 is 0 Å². The normalized spacial score (nSPS) is 14.1. The van der Waals surface area contributed by atoms with Gasteiger partial charge in [0.2, 0.25) is 0 Å². The van der Waals surface area contributed by atoms with Gasteiger partial charge in [-0.2, -0.15) is 4.39 Å². The highest BCUT2D eigenvalue weighted by atomic mass is 19.1. The van der Waals surface area contributed by atoms with E-state index in [1.807, 2.05) is 13.8 Å². The van der Waals surface area contributed by atoms with Crippen LogP contribution in [0.15, 0.2) is 0 Å². The van der Waals surface area contributed by atoms with Crippen LogP contribution in [0.2, 0.25) is 0 Å². The van der Waals surface area contributed by atoms with Gasteiger partial charge in [-0.25, -0.2) is 0 Å². The quantitative estimate of drug-likeness (QED) is 0.505. The molecule has 0 amide bonds. The average molecular weight is 118 g/mol. The Morgan fingerprint density at radius 1 is 1.38 bits per heavy atom. The molecule has 1 unspecified atom stereocenters. The summed E-state index contributed by atoms with van der Waals surface area (Å²) in [6.07, 6.45) is 0. The van der Waals surface area contributed by atoms with Crippen LogP contribution in [0.5, 0.6) is 0 Å². The number of halogens is 1. The predicted octanol–water partition coefficient (Wildman–Crippen LogP) is 1.77. The van der Waals surface area contributed by atoms with Crippen molar-refractivity contribution in [3.63, 3.8) is 0 Å². The van der Waals surface area contributed by atoms with Crippen molar-refractivity contribution < 1.29 is 9.18 Å². The Bertz CT molecular complexity index is 88.5. The number of hydrogen-bond acceptors (Lipinski definition) is 1. The fourth-order valence-corrected chi connectivity index (χ4v) is 0.262. The minimum atomic E-state index is -1.21. The first-order valence-corrected chi connectivity index (χ1v) is 2.75. The highest BCUT2D eigenvalue weighted by molar-refractivity contribution is 5.70. The van der Waals surface area contributed by atoms with Gasteiger partial charge in [0.25, 0.3) is 0 Å². The Labute approximate surface area is 48.9 Å². The minimum Gasteiger partial charge on any atom is -0.261 e. The maximum Gasteiger partial charge on any atom is 0.304 e. The Balaban J connectivity index is 3.64. The third-order valence-corrected chi connectivity index (χ3v) is 1.36. The largest absolute Gasteiger partial charge is 0.304 e. The molecule has 48 valence electrons. The second kappa shape index (κ2) is 2.80. The lowest BCUT2D eigenvalue weighted by atomic mass is 9.99. The third-order valence-electron chi connectivity index (χ3n) is 1.36. The number of carbonyl (C=O) groups excluding carboxylic acids is 1. The van der Waals surface area contributed by atoms with Crippen molar-refractivity contribution in [2.75, 3.05) is 0 Å². The van der Waals surface area contributed by atoms with Gasteiger partial charge in [-0.15, -0.1) is 0 Å². The molecule has 0 aliphatic heterocycles. The maximum absolute atomic E-state index is 11.7. The van der Waals surface area contributed by atoms with Crippen molar-refractivity contribution in [1.29, 1.82) is 0 Å². The zero-order valence-electron chi connectivity index (χ0n) is 5.44. The topological polar surface area (TPSA) is 17.1 Å². The molecular formula is C6H11FO. The molecule has 0 bridgehead atoms. The third kappa shape index (κ3) is 2.05. The molecule has 1 atom stereocenters. The van der Waals surface area contributed by atoms with Gasteiger partial charge in [-0.05, 0) is 5.92 Å². The summed E-state index contributed by atoms with van der Waals surface area (Å²) in [6.45, 7) is 5.23. The summed E-state index contributed by atoms with van der Waals surface area (Å²) in [5.74, 6) is -0.317. The van der Waals surface area contributed by atoms with Gasteiger partial charge in [0.15, 0.2) is 0 Å². The van der Waals surface area contributed by atoms with Crippen LogP contribution in [0.3, 0.4) is 0 Å². The van der Waals surface area contributed by atoms with E-state index in [0.29, 0.717) is 0 Å². The van der Waals surface area contributed by atoms with Crippen LogP contribution < -0.4 is 0 Å². The molecule has 0 saturated heterocycles. The van der Waals surface area contributed by atoms with E-state index in [4.69, 9.17) is 0 Å². The molecule has 1 nitrogen and oxygen atoms in total. The first-order valence-electron chi connectivity index (χ1n) is 2.75. The number of rotatable bonds is 2. The minimum absolute atomic E-state index is 0.118. The van der Waals surface area contributed by atoms with Crippen molar-refractivity contribution in [3.05, 3.63) is 0 Å². The second-order valence-corrected chi connectivity index (χ2v) is 2.34. The van der Waals surface area contributed by atoms with E-state index in [-0.39, 0.29) is 5.92 Å². The Hall–Kier alpha value is -0.400. The van der Waals surface area contributed by atoms with Crippen molar-refractivity contribution >= 4 is 6.04 Å². The summed E-state index contributed by atoms with van der Waals surface area (Å²) in [7, 11) is 0. The number of carbonyl (C=O) groups is 1. The molecule has 0 aromatic rings. The average Bonchev–Trinajstić information content (AvgIpc) is 1.64. The zero-order chi connectivity index (χ0) is 6.73. The molecule has 0 spiro atoms. The van der Waals surface area contributed by atoms with E-state index in [9.17, 15) is 9.18 Å². The molecule has 2 heteroatoms. The molecule has 0 saturated carbocycles.